The van der Waals surface area contributed by atoms with Gasteiger partial charge in [-0.25, -0.2) is 9.78 Å². The van der Waals surface area contributed by atoms with Crippen molar-refractivity contribution in [1.29, 1.82) is 0 Å². The van der Waals surface area contributed by atoms with Gasteiger partial charge in [-0.15, -0.1) is 0 Å². The molecule has 0 unspecified atom stereocenters. The molecule has 2 aromatic rings. The average Bonchev–Trinajstić information content (AvgIpc) is 2.41. The van der Waals surface area contributed by atoms with Crippen molar-refractivity contribution in [2.45, 2.75) is 0 Å². The number of anilines is 1. The third-order valence-corrected chi connectivity index (χ3v) is 2.68. The number of H-pyrrole nitrogens is 1. The van der Waals surface area contributed by atoms with Crippen LogP contribution >= 0.6 is 11.6 Å². The zero-order chi connectivity index (χ0) is 14.7. The summed E-state index contributed by atoms with van der Waals surface area (Å²) in [6.45, 7) is 0. The maximum absolute atomic E-state index is 11.8. The monoisotopic (exact) mass is 293 g/mol. The summed E-state index contributed by atoms with van der Waals surface area (Å²) in [4.78, 5) is 39.4. The van der Waals surface area contributed by atoms with Crippen LogP contribution in [-0.2, 0) is 0 Å². The number of amides is 1. The quantitative estimate of drug-likeness (QED) is 0.791. The Kier molecular flexibility index (Phi) is 3.81. The molecule has 1 aromatic carbocycles. The maximum atomic E-state index is 11.8. The highest BCUT2D eigenvalue weighted by molar-refractivity contribution is 6.34. The van der Waals surface area contributed by atoms with E-state index in [0.717, 1.165) is 12.4 Å². The van der Waals surface area contributed by atoms with E-state index in [-0.39, 0.29) is 22.0 Å². The number of carboxylic acid groups (broad SMARTS) is 1. The first-order valence-electron chi connectivity index (χ1n) is 5.36. The number of rotatable bonds is 3. The van der Waals surface area contributed by atoms with E-state index in [4.69, 9.17) is 16.7 Å². The van der Waals surface area contributed by atoms with E-state index >= 15 is 0 Å². The fraction of sp³-hybridized carbons (Fsp3) is 0. The van der Waals surface area contributed by atoms with Crippen LogP contribution < -0.4 is 10.9 Å². The van der Waals surface area contributed by atoms with Crippen molar-refractivity contribution < 1.29 is 14.7 Å². The van der Waals surface area contributed by atoms with Crippen molar-refractivity contribution in [1.82, 2.24) is 9.97 Å². The summed E-state index contributed by atoms with van der Waals surface area (Å²) in [5.74, 6) is -1.70. The number of aromatic nitrogens is 2. The van der Waals surface area contributed by atoms with Gasteiger partial charge in [-0.2, -0.15) is 0 Å². The van der Waals surface area contributed by atoms with Gasteiger partial charge in [0.25, 0.3) is 11.5 Å². The first-order chi connectivity index (χ1) is 9.47. The largest absolute Gasteiger partial charge is 0.478 e. The van der Waals surface area contributed by atoms with Gasteiger partial charge in [0, 0.05) is 6.20 Å². The molecule has 2 rings (SSSR count). The third kappa shape index (κ3) is 3.01. The third-order valence-electron chi connectivity index (χ3n) is 2.37. The van der Waals surface area contributed by atoms with Gasteiger partial charge in [0.15, 0.2) is 0 Å². The van der Waals surface area contributed by atoms with Gasteiger partial charge >= 0.3 is 5.97 Å². The van der Waals surface area contributed by atoms with Crippen molar-refractivity contribution in [2.75, 3.05) is 5.32 Å². The van der Waals surface area contributed by atoms with Crippen molar-refractivity contribution >= 4 is 29.2 Å². The molecule has 1 heterocycles. The molecular formula is C12H8ClN3O4. The SMILES string of the molecule is O=C(O)c1ccc(NC(=O)c2c[nH]c(=O)cn2)c(Cl)c1. The Morgan fingerprint density at radius 1 is 1.35 bits per heavy atom. The Hall–Kier alpha value is -2.67. The van der Waals surface area contributed by atoms with Crippen LogP contribution in [-0.4, -0.2) is 27.0 Å². The van der Waals surface area contributed by atoms with Gasteiger partial charge in [0.2, 0.25) is 0 Å². The predicted octanol–water partition coefficient (Wildman–Crippen LogP) is 1.37. The minimum atomic E-state index is -1.12. The lowest BCUT2D eigenvalue weighted by Crippen LogP contribution is -2.17. The van der Waals surface area contributed by atoms with Crippen molar-refractivity contribution in [3.8, 4) is 0 Å². The zero-order valence-corrected chi connectivity index (χ0v) is 10.6. The van der Waals surface area contributed by atoms with Gasteiger partial charge in [0.05, 0.1) is 22.5 Å². The Bertz CT molecular complexity index is 721. The van der Waals surface area contributed by atoms with E-state index < -0.39 is 17.4 Å². The molecule has 0 saturated heterocycles. The van der Waals surface area contributed by atoms with Gasteiger partial charge in [0.1, 0.15) is 5.69 Å². The van der Waals surface area contributed by atoms with Crippen LogP contribution in [0, 0.1) is 0 Å². The van der Waals surface area contributed by atoms with E-state index in [1.54, 1.807) is 0 Å². The first-order valence-corrected chi connectivity index (χ1v) is 5.74. The smallest absolute Gasteiger partial charge is 0.335 e. The van der Waals surface area contributed by atoms with E-state index in [9.17, 15) is 14.4 Å². The maximum Gasteiger partial charge on any atom is 0.335 e. The van der Waals surface area contributed by atoms with Gasteiger partial charge < -0.3 is 15.4 Å². The molecular weight excluding hydrogens is 286 g/mol. The molecule has 0 aliphatic rings. The molecule has 0 fully saturated rings. The molecule has 20 heavy (non-hydrogen) atoms. The molecule has 3 N–H and O–H groups in total. The van der Waals surface area contributed by atoms with Gasteiger partial charge in [-0.05, 0) is 18.2 Å². The summed E-state index contributed by atoms with van der Waals surface area (Å²) in [7, 11) is 0. The van der Waals surface area contributed by atoms with Gasteiger partial charge in [-0.1, -0.05) is 11.6 Å². The molecule has 0 saturated carbocycles. The molecule has 102 valence electrons. The molecule has 1 amide bonds. The summed E-state index contributed by atoms with van der Waals surface area (Å²) in [6, 6.07) is 3.90. The van der Waals surface area contributed by atoms with Crippen molar-refractivity contribution in [3.05, 3.63) is 57.2 Å². The normalized spacial score (nSPS) is 10.1. The minimum absolute atomic E-state index is 0.00276. The molecule has 0 radical (unpaired) electrons. The molecule has 1 aromatic heterocycles. The summed E-state index contributed by atoms with van der Waals surface area (Å²) in [5.41, 5.74) is -0.168. The lowest BCUT2D eigenvalue weighted by atomic mass is 10.2. The van der Waals surface area contributed by atoms with Crippen LogP contribution in [0.25, 0.3) is 0 Å². The highest BCUT2D eigenvalue weighted by atomic mass is 35.5. The lowest BCUT2D eigenvalue weighted by molar-refractivity contribution is 0.0696. The topological polar surface area (TPSA) is 112 Å². The Labute approximate surface area is 117 Å². The van der Waals surface area contributed by atoms with Crippen molar-refractivity contribution in [3.63, 3.8) is 0 Å². The average molecular weight is 294 g/mol. The van der Waals surface area contributed by atoms with Crippen LogP contribution in [0.1, 0.15) is 20.8 Å². The number of carbonyl (C=O) groups is 2. The summed E-state index contributed by atoms with van der Waals surface area (Å²) in [5, 5.41) is 11.3. The number of aromatic carboxylic acids is 1. The minimum Gasteiger partial charge on any atom is -0.478 e. The second kappa shape index (κ2) is 5.54. The number of benzene rings is 1. The molecule has 0 spiro atoms. The van der Waals surface area contributed by atoms with Crippen LogP contribution in [0.2, 0.25) is 5.02 Å². The lowest BCUT2D eigenvalue weighted by Gasteiger charge is -2.07. The van der Waals surface area contributed by atoms with Crippen molar-refractivity contribution in [2.24, 2.45) is 0 Å². The van der Waals surface area contributed by atoms with Crippen LogP contribution in [0.3, 0.4) is 0 Å². The molecule has 0 atom stereocenters. The van der Waals surface area contributed by atoms with E-state index in [0.29, 0.717) is 0 Å². The number of carboxylic acids is 1. The Morgan fingerprint density at radius 2 is 2.10 bits per heavy atom. The van der Waals surface area contributed by atoms with E-state index in [1.165, 1.54) is 18.2 Å². The summed E-state index contributed by atoms with van der Waals surface area (Å²) < 4.78 is 0. The Balaban J connectivity index is 2.21. The molecule has 7 nitrogen and oxygen atoms in total. The van der Waals surface area contributed by atoms with Crippen LogP contribution in [0.15, 0.2) is 35.4 Å². The predicted molar refractivity (Wildman–Crippen MR) is 71.2 cm³/mol. The van der Waals surface area contributed by atoms with E-state index in [1.807, 2.05) is 0 Å². The zero-order valence-electron chi connectivity index (χ0n) is 9.88. The van der Waals surface area contributed by atoms with E-state index in [2.05, 4.69) is 15.3 Å². The number of halogens is 1. The molecule has 8 heteroatoms. The fourth-order valence-electron chi connectivity index (χ4n) is 1.40. The number of hydrogen-bond donors (Lipinski definition) is 3. The standard InChI is InChI=1S/C12H8ClN3O4/c13-7-3-6(12(19)20)1-2-8(7)16-11(18)9-4-15-10(17)5-14-9/h1-5H,(H,15,17)(H,16,18)(H,19,20). The van der Waals surface area contributed by atoms with Crippen LogP contribution in [0.4, 0.5) is 5.69 Å². The number of nitrogens with one attached hydrogen (secondary N) is 2. The second-order valence-corrected chi connectivity index (χ2v) is 4.16. The number of hydrogen-bond acceptors (Lipinski definition) is 4. The Morgan fingerprint density at radius 3 is 2.65 bits per heavy atom. The van der Waals surface area contributed by atoms with Gasteiger partial charge in [-0.3, -0.25) is 9.59 Å². The molecule has 0 bridgehead atoms. The second-order valence-electron chi connectivity index (χ2n) is 3.75. The number of aromatic amines is 1. The summed E-state index contributed by atoms with van der Waals surface area (Å²) in [6.07, 6.45) is 2.14. The number of carbonyl (C=O) groups excluding carboxylic acids is 1. The highest BCUT2D eigenvalue weighted by Crippen LogP contribution is 2.23. The first kappa shape index (κ1) is 13.8. The molecule has 0 aliphatic heterocycles. The number of nitrogens with zero attached hydrogens (tertiary/aromatic N) is 1. The van der Waals surface area contributed by atoms with Crippen LogP contribution in [0.5, 0.6) is 0 Å². The highest BCUT2D eigenvalue weighted by Gasteiger charge is 2.12. The molecule has 0 aliphatic carbocycles. The summed E-state index contributed by atoms with van der Waals surface area (Å²) >= 11 is 5.87. The fourth-order valence-corrected chi connectivity index (χ4v) is 1.63.